The first-order valence-corrected chi connectivity index (χ1v) is 8.29. The lowest BCUT2D eigenvalue weighted by molar-refractivity contribution is 0.104. The summed E-state index contributed by atoms with van der Waals surface area (Å²) in [5, 5.41) is 3.67. The fourth-order valence-corrected chi connectivity index (χ4v) is 3.19. The molecule has 0 bridgehead atoms. The van der Waals surface area contributed by atoms with E-state index >= 15 is 0 Å². The van der Waals surface area contributed by atoms with Gasteiger partial charge in [-0.1, -0.05) is 29.5 Å². The topological polar surface area (TPSA) is 86.5 Å². The predicted octanol–water partition coefficient (Wildman–Crippen LogP) is 3.72. The number of hydrogen-bond donors (Lipinski definition) is 2. The van der Waals surface area contributed by atoms with E-state index < -0.39 is 0 Å². The Hall–Kier alpha value is -3.06. The molecule has 1 aromatic heterocycles. The van der Waals surface area contributed by atoms with Gasteiger partial charge in [-0.3, -0.25) is 4.79 Å². The number of nitrogen functional groups attached to an aromatic ring is 1. The molecule has 0 aliphatic rings. The average molecular weight is 355 g/mol. The molecule has 1 heterocycles. The molecule has 6 nitrogen and oxygen atoms in total. The minimum Gasteiger partial charge on any atom is -0.497 e. The number of rotatable bonds is 6. The van der Waals surface area contributed by atoms with Gasteiger partial charge < -0.3 is 20.5 Å². The normalized spacial score (nSPS) is 10.3. The number of carbonyl (C=O) groups is 1. The Morgan fingerprint density at radius 3 is 2.68 bits per heavy atom. The molecule has 128 valence electrons. The molecule has 3 aromatic rings. The third-order valence-corrected chi connectivity index (χ3v) is 4.52. The van der Waals surface area contributed by atoms with E-state index in [1.165, 1.54) is 18.4 Å². The van der Waals surface area contributed by atoms with Gasteiger partial charge in [0.1, 0.15) is 22.2 Å². The Morgan fingerprint density at radius 2 is 1.92 bits per heavy atom. The number of nitrogens with one attached hydrogen (secondary N) is 1. The second-order valence-electron chi connectivity index (χ2n) is 5.12. The second kappa shape index (κ2) is 7.23. The van der Waals surface area contributed by atoms with Gasteiger partial charge in [0.2, 0.25) is 5.78 Å². The van der Waals surface area contributed by atoms with Crippen LogP contribution in [0.15, 0.2) is 48.5 Å². The number of ketones is 1. The number of methoxy groups -OCH3 is 2. The summed E-state index contributed by atoms with van der Waals surface area (Å²) in [5.41, 5.74) is 7.20. The lowest BCUT2D eigenvalue weighted by atomic mass is 10.1. The molecule has 0 spiro atoms. The molecule has 25 heavy (non-hydrogen) atoms. The van der Waals surface area contributed by atoms with Crippen LogP contribution in [0.5, 0.6) is 11.5 Å². The fraction of sp³-hybridized carbons (Fsp3) is 0.111. The molecule has 3 N–H and O–H groups in total. The lowest BCUT2D eigenvalue weighted by Crippen LogP contribution is -2.04. The summed E-state index contributed by atoms with van der Waals surface area (Å²) in [4.78, 5) is 17.4. The first-order valence-electron chi connectivity index (χ1n) is 7.47. The van der Waals surface area contributed by atoms with Gasteiger partial charge in [0.25, 0.3) is 0 Å². The van der Waals surface area contributed by atoms with Crippen molar-refractivity contribution in [2.75, 3.05) is 25.3 Å². The van der Waals surface area contributed by atoms with E-state index in [-0.39, 0.29) is 11.6 Å². The van der Waals surface area contributed by atoms with Gasteiger partial charge in [-0.25, -0.2) is 4.98 Å². The Labute approximate surface area is 149 Å². The number of nitrogens with two attached hydrogens (primary N) is 1. The number of carbonyl (C=O) groups excluding carboxylic acids is 1. The van der Waals surface area contributed by atoms with Gasteiger partial charge in [-0.2, -0.15) is 0 Å². The molecule has 0 unspecified atom stereocenters. The standard InChI is InChI=1S/C18H17N3O3S/c1-23-12-7-5-6-11(10-12)20-18-21-17(19)16(25-18)15(22)13-8-3-4-9-14(13)24-2/h3-10H,19H2,1-2H3,(H,20,21). The number of hydrogen-bond acceptors (Lipinski definition) is 7. The molecule has 3 rings (SSSR count). The molecule has 0 saturated heterocycles. The first-order chi connectivity index (χ1) is 12.1. The van der Waals surface area contributed by atoms with Crippen molar-refractivity contribution in [1.29, 1.82) is 0 Å². The summed E-state index contributed by atoms with van der Waals surface area (Å²) in [6.07, 6.45) is 0. The van der Waals surface area contributed by atoms with Gasteiger partial charge >= 0.3 is 0 Å². The molecule has 0 saturated carbocycles. The van der Waals surface area contributed by atoms with Crippen molar-refractivity contribution in [3.05, 3.63) is 59.0 Å². The molecule has 0 amide bonds. The zero-order valence-corrected chi connectivity index (χ0v) is 14.6. The Kier molecular flexibility index (Phi) is 4.85. The van der Waals surface area contributed by atoms with E-state index in [0.29, 0.717) is 21.3 Å². The summed E-state index contributed by atoms with van der Waals surface area (Å²) < 4.78 is 10.4. The predicted molar refractivity (Wildman–Crippen MR) is 99.2 cm³/mol. The second-order valence-corrected chi connectivity index (χ2v) is 6.12. The van der Waals surface area contributed by atoms with E-state index in [9.17, 15) is 4.79 Å². The Balaban J connectivity index is 1.88. The molecular weight excluding hydrogens is 338 g/mol. The molecule has 0 aliphatic heterocycles. The third-order valence-electron chi connectivity index (χ3n) is 3.53. The maximum absolute atomic E-state index is 12.8. The highest BCUT2D eigenvalue weighted by molar-refractivity contribution is 7.18. The maximum Gasteiger partial charge on any atom is 0.210 e. The average Bonchev–Trinajstić information content (AvgIpc) is 3.01. The molecule has 0 aliphatic carbocycles. The van der Waals surface area contributed by atoms with Crippen molar-refractivity contribution in [2.45, 2.75) is 0 Å². The van der Waals surface area contributed by atoms with E-state index in [0.717, 1.165) is 11.4 Å². The minimum atomic E-state index is -0.217. The van der Waals surface area contributed by atoms with Gasteiger partial charge in [0.15, 0.2) is 5.13 Å². The van der Waals surface area contributed by atoms with E-state index in [4.69, 9.17) is 15.2 Å². The number of thiazole rings is 1. The van der Waals surface area contributed by atoms with Crippen molar-refractivity contribution in [1.82, 2.24) is 4.98 Å². The SMILES string of the molecule is COc1cccc(Nc2nc(N)c(C(=O)c3ccccc3OC)s2)c1. The first kappa shape index (κ1) is 16.8. The van der Waals surface area contributed by atoms with Crippen molar-refractivity contribution < 1.29 is 14.3 Å². The number of nitrogens with zero attached hydrogens (tertiary/aromatic N) is 1. The van der Waals surface area contributed by atoms with Crippen LogP contribution in [0, 0.1) is 0 Å². The van der Waals surface area contributed by atoms with Crippen molar-refractivity contribution in [3.8, 4) is 11.5 Å². The van der Waals surface area contributed by atoms with Gasteiger partial charge in [0.05, 0.1) is 19.8 Å². The van der Waals surface area contributed by atoms with Crippen LogP contribution < -0.4 is 20.5 Å². The Morgan fingerprint density at radius 1 is 1.12 bits per heavy atom. The van der Waals surface area contributed by atoms with Gasteiger partial charge in [-0.15, -0.1) is 0 Å². The number of ether oxygens (including phenoxy) is 2. The van der Waals surface area contributed by atoms with Crippen molar-refractivity contribution in [2.24, 2.45) is 0 Å². The molecule has 2 aromatic carbocycles. The molecule has 0 radical (unpaired) electrons. The quantitative estimate of drug-likeness (QED) is 0.656. The highest BCUT2D eigenvalue weighted by atomic mass is 32.1. The zero-order chi connectivity index (χ0) is 17.8. The Bertz CT molecular complexity index is 908. The van der Waals surface area contributed by atoms with Crippen LogP contribution in [0.1, 0.15) is 15.2 Å². The van der Waals surface area contributed by atoms with E-state index in [2.05, 4.69) is 10.3 Å². The van der Waals surface area contributed by atoms with Gasteiger partial charge in [0, 0.05) is 11.8 Å². The number of para-hydroxylation sites is 1. The lowest BCUT2D eigenvalue weighted by Gasteiger charge is -2.06. The fourth-order valence-electron chi connectivity index (χ4n) is 2.33. The van der Waals surface area contributed by atoms with Crippen LogP contribution in [-0.4, -0.2) is 25.0 Å². The summed E-state index contributed by atoms with van der Waals surface area (Å²) in [6, 6.07) is 14.4. The van der Waals surface area contributed by atoms with E-state index in [1.54, 1.807) is 31.4 Å². The molecule has 0 atom stereocenters. The van der Waals surface area contributed by atoms with Crippen LogP contribution in [0.3, 0.4) is 0 Å². The number of aromatic nitrogens is 1. The zero-order valence-electron chi connectivity index (χ0n) is 13.8. The maximum atomic E-state index is 12.8. The third kappa shape index (κ3) is 3.56. The minimum absolute atomic E-state index is 0.186. The van der Waals surface area contributed by atoms with Crippen LogP contribution in [0.2, 0.25) is 0 Å². The number of anilines is 3. The van der Waals surface area contributed by atoms with Crippen LogP contribution in [0.25, 0.3) is 0 Å². The van der Waals surface area contributed by atoms with Crippen LogP contribution in [-0.2, 0) is 0 Å². The molecular formula is C18H17N3O3S. The van der Waals surface area contributed by atoms with Crippen molar-refractivity contribution >= 4 is 33.8 Å². The summed E-state index contributed by atoms with van der Waals surface area (Å²) in [6.45, 7) is 0. The molecule has 7 heteroatoms. The monoisotopic (exact) mass is 355 g/mol. The highest BCUT2D eigenvalue weighted by Gasteiger charge is 2.21. The molecule has 0 fully saturated rings. The van der Waals surface area contributed by atoms with Crippen molar-refractivity contribution in [3.63, 3.8) is 0 Å². The largest absolute Gasteiger partial charge is 0.497 e. The van der Waals surface area contributed by atoms with Crippen LogP contribution >= 0.6 is 11.3 Å². The van der Waals surface area contributed by atoms with Crippen LogP contribution in [0.4, 0.5) is 16.6 Å². The highest BCUT2D eigenvalue weighted by Crippen LogP contribution is 2.32. The summed E-state index contributed by atoms with van der Waals surface area (Å²) in [7, 11) is 3.13. The summed E-state index contributed by atoms with van der Waals surface area (Å²) >= 11 is 1.20. The summed E-state index contributed by atoms with van der Waals surface area (Å²) in [5.74, 6) is 1.19. The number of benzene rings is 2. The van der Waals surface area contributed by atoms with E-state index in [1.807, 2.05) is 24.3 Å². The smallest absolute Gasteiger partial charge is 0.210 e. The van der Waals surface area contributed by atoms with Gasteiger partial charge in [-0.05, 0) is 24.3 Å².